The molecule has 1 aliphatic heterocycles. The van der Waals surface area contributed by atoms with Crippen molar-refractivity contribution in [3.05, 3.63) is 71.8 Å². The molecule has 1 aromatic heterocycles. The average Bonchev–Trinajstić information content (AvgIpc) is 3.57. The predicted octanol–water partition coefficient (Wildman–Crippen LogP) is 5.15. The first-order chi connectivity index (χ1) is 16.7. The summed E-state index contributed by atoms with van der Waals surface area (Å²) < 4.78 is 0. The molecule has 0 aliphatic carbocycles. The van der Waals surface area contributed by atoms with Gasteiger partial charge in [-0.05, 0) is 62.7 Å². The van der Waals surface area contributed by atoms with E-state index >= 15 is 0 Å². The van der Waals surface area contributed by atoms with E-state index in [-0.39, 0.29) is 0 Å². The molecule has 0 amide bonds. The summed E-state index contributed by atoms with van der Waals surface area (Å²) in [6.45, 7) is 11.9. The van der Waals surface area contributed by atoms with Gasteiger partial charge in [-0.25, -0.2) is 4.98 Å². The van der Waals surface area contributed by atoms with Gasteiger partial charge in [-0.3, -0.25) is 4.99 Å². The molecule has 3 aromatic rings. The summed E-state index contributed by atoms with van der Waals surface area (Å²) in [6.07, 6.45) is 5.43. The van der Waals surface area contributed by atoms with Crippen LogP contribution in [-0.2, 0) is 0 Å². The van der Waals surface area contributed by atoms with E-state index in [9.17, 15) is 0 Å². The van der Waals surface area contributed by atoms with Crippen molar-refractivity contribution in [2.24, 2.45) is 4.99 Å². The number of hydrogen-bond donors (Lipinski definition) is 4. The van der Waals surface area contributed by atoms with Crippen LogP contribution in [0.5, 0.6) is 0 Å². The summed E-state index contributed by atoms with van der Waals surface area (Å²) in [5.41, 5.74) is 7.56. The molecule has 2 aromatic carbocycles. The quantitative estimate of drug-likeness (QED) is 0.238. The van der Waals surface area contributed by atoms with E-state index in [2.05, 4.69) is 100 Å². The third kappa shape index (κ3) is 5.82. The Labute approximate surface area is 203 Å². The number of aliphatic imine (C=N–C) groups is 1. The monoisotopic (exact) mass is 456 g/mol. The van der Waals surface area contributed by atoms with Gasteiger partial charge >= 0.3 is 0 Å². The Bertz CT molecular complexity index is 1090. The minimum atomic E-state index is 0.354. The Morgan fingerprint density at radius 1 is 1.03 bits per heavy atom. The number of hydrogen-bond acceptors (Lipinski definition) is 5. The molecule has 0 radical (unpaired) electrons. The van der Waals surface area contributed by atoms with Crippen molar-refractivity contribution in [1.82, 2.24) is 25.9 Å². The van der Waals surface area contributed by atoms with Gasteiger partial charge in [-0.15, -0.1) is 0 Å². The lowest BCUT2D eigenvalue weighted by Crippen LogP contribution is -2.27. The van der Waals surface area contributed by atoms with Gasteiger partial charge in [0.2, 0.25) is 0 Å². The lowest BCUT2D eigenvalue weighted by molar-refractivity contribution is 0.613. The van der Waals surface area contributed by atoms with E-state index < -0.39 is 0 Å². The lowest BCUT2D eigenvalue weighted by atomic mass is 10.0. The molecule has 1 unspecified atom stereocenters. The normalized spacial score (nSPS) is 16.4. The minimum Gasteiger partial charge on any atom is -0.386 e. The maximum absolute atomic E-state index is 4.59. The largest absolute Gasteiger partial charge is 0.386 e. The smallest absolute Gasteiger partial charge is 0.123 e. The predicted molar refractivity (Wildman–Crippen MR) is 143 cm³/mol. The molecule has 0 bridgehead atoms. The molecule has 0 spiro atoms. The third-order valence-electron chi connectivity index (χ3n) is 6.31. The third-order valence-corrected chi connectivity index (χ3v) is 6.31. The summed E-state index contributed by atoms with van der Waals surface area (Å²) >= 11 is 0. The number of imidazole rings is 1. The fourth-order valence-electron chi connectivity index (χ4n) is 4.39. The summed E-state index contributed by atoms with van der Waals surface area (Å²) in [7, 11) is 0. The van der Waals surface area contributed by atoms with Gasteiger partial charge < -0.3 is 20.9 Å². The zero-order chi connectivity index (χ0) is 23.8. The molecule has 34 heavy (non-hydrogen) atoms. The number of aromatic amines is 1. The van der Waals surface area contributed by atoms with Crippen LogP contribution < -0.4 is 16.0 Å². The first-order valence-corrected chi connectivity index (χ1v) is 12.3. The van der Waals surface area contributed by atoms with E-state index in [1.54, 1.807) is 0 Å². The number of nitrogens with one attached hydrogen (secondary N) is 4. The van der Waals surface area contributed by atoms with Crippen LogP contribution in [0.3, 0.4) is 0 Å². The van der Waals surface area contributed by atoms with Crippen molar-refractivity contribution in [3.63, 3.8) is 0 Å². The maximum atomic E-state index is 4.59. The summed E-state index contributed by atoms with van der Waals surface area (Å²) in [5, 5.41) is 10.3. The summed E-state index contributed by atoms with van der Waals surface area (Å²) in [6, 6.07) is 17.5. The van der Waals surface area contributed by atoms with Crippen molar-refractivity contribution < 1.29 is 0 Å². The Morgan fingerprint density at radius 3 is 2.38 bits per heavy atom. The molecule has 4 N–H and O–H groups in total. The molecule has 0 saturated carbocycles. The second kappa shape index (κ2) is 11.8. The molecule has 1 fully saturated rings. The van der Waals surface area contributed by atoms with Crippen LogP contribution in [0.15, 0.2) is 65.4 Å². The van der Waals surface area contributed by atoms with Crippen molar-refractivity contribution in [2.45, 2.75) is 39.2 Å². The van der Waals surface area contributed by atoms with E-state index in [0.29, 0.717) is 6.04 Å². The highest BCUT2D eigenvalue weighted by atomic mass is 15.0. The highest BCUT2D eigenvalue weighted by molar-refractivity contribution is 5.74. The fraction of sp³-hybridized carbons (Fsp3) is 0.357. The second-order valence-corrected chi connectivity index (χ2v) is 8.79. The number of aromatic nitrogens is 2. The zero-order valence-electron chi connectivity index (χ0n) is 20.3. The first kappa shape index (κ1) is 23.9. The van der Waals surface area contributed by atoms with Gasteiger partial charge in [-0.2, -0.15) is 0 Å². The molecule has 2 heterocycles. The van der Waals surface area contributed by atoms with Gasteiger partial charge in [-0.1, -0.05) is 55.5 Å². The topological polar surface area (TPSA) is 77.1 Å². The molecular formula is C28H36N6. The Hall–Kier alpha value is -3.22. The van der Waals surface area contributed by atoms with Crippen LogP contribution in [0.4, 0.5) is 0 Å². The number of benzene rings is 2. The highest BCUT2D eigenvalue weighted by Crippen LogP contribution is 2.28. The maximum Gasteiger partial charge on any atom is 0.123 e. The number of rotatable bonds is 11. The second-order valence-electron chi connectivity index (χ2n) is 8.79. The van der Waals surface area contributed by atoms with Crippen LogP contribution >= 0.6 is 0 Å². The van der Waals surface area contributed by atoms with Gasteiger partial charge in [0.25, 0.3) is 0 Å². The van der Waals surface area contributed by atoms with Crippen molar-refractivity contribution in [1.29, 1.82) is 0 Å². The summed E-state index contributed by atoms with van der Waals surface area (Å²) in [4.78, 5) is 12.4. The standard InChI is InChI=1S/C28H36N6/c1-4-15-30-17-18-31-20(2)27(29-3)24-13-9-22(10-14-24)21-7-11-23(12-8-21)26-19-33-28(34-26)25-6-5-16-32-25/h7-14,19,25,30-32H,3-6,15-18H2,1-2H3,(H,33,34)/b27-20-. The van der Waals surface area contributed by atoms with Crippen molar-refractivity contribution in [3.8, 4) is 22.4 Å². The van der Waals surface area contributed by atoms with E-state index in [0.717, 1.165) is 73.1 Å². The van der Waals surface area contributed by atoms with Crippen molar-refractivity contribution >= 4 is 12.4 Å². The fourth-order valence-corrected chi connectivity index (χ4v) is 4.39. The van der Waals surface area contributed by atoms with Crippen LogP contribution in [0.25, 0.3) is 28.1 Å². The van der Waals surface area contributed by atoms with Crippen molar-refractivity contribution in [2.75, 3.05) is 26.2 Å². The minimum absolute atomic E-state index is 0.354. The molecule has 1 saturated heterocycles. The van der Waals surface area contributed by atoms with Gasteiger partial charge in [0.15, 0.2) is 0 Å². The first-order valence-electron chi connectivity index (χ1n) is 12.3. The van der Waals surface area contributed by atoms with Crippen LogP contribution in [0.2, 0.25) is 0 Å². The van der Waals surface area contributed by atoms with E-state index in [4.69, 9.17) is 0 Å². The van der Waals surface area contributed by atoms with Crippen LogP contribution in [-0.4, -0.2) is 42.9 Å². The highest BCUT2D eigenvalue weighted by Gasteiger charge is 2.19. The molecule has 1 atom stereocenters. The van der Waals surface area contributed by atoms with Gasteiger partial charge in [0.05, 0.1) is 23.6 Å². The molecule has 6 heteroatoms. The number of H-pyrrole nitrogens is 1. The Morgan fingerprint density at radius 2 is 1.74 bits per heavy atom. The molecule has 4 rings (SSSR count). The average molecular weight is 457 g/mol. The van der Waals surface area contributed by atoms with Gasteiger partial charge in [0.1, 0.15) is 5.82 Å². The molecule has 178 valence electrons. The lowest BCUT2D eigenvalue weighted by Gasteiger charge is -2.12. The Balaban J connectivity index is 1.42. The van der Waals surface area contributed by atoms with Crippen LogP contribution in [0.1, 0.15) is 50.5 Å². The Kier molecular flexibility index (Phi) is 8.28. The number of allylic oxidation sites excluding steroid dienone is 1. The number of nitrogens with zero attached hydrogens (tertiary/aromatic N) is 2. The van der Waals surface area contributed by atoms with Crippen LogP contribution in [0, 0.1) is 0 Å². The molecule has 1 aliphatic rings. The SMILES string of the molecule is C=N/C(=C(/C)NCCNCCC)c1ccc(-c2ccc(-c3cnc(C4CCCN4)[nH]3)cc2)cc1. The van der Waals surface area contributed by atoms with E-state index in [1.165, 1.54) is 17.5 Å². The molecule has 6 nitrogen and oxygen atoms in total. The zero-order valence-corrected chi connectivity index (χ0v) is 20.3. The van der Waals surface area contributed by atoms with E-state index in [1.807, 2.05) is 6.20 Å². The van der Waals surface area contributed by atoms with Gasteiger partial charge in [0, 0.05) is 24.4 Å². The molecular weight excluding hydrogens is 420 g/mol. The summed E-state index contributed by atoms with van der Waals surface area (Å²) in [5.74, 6) is 1.04.